The van der Waals surface area contributed by atoms with Crippen molar-refractivity contribution in [1.82, 2.24) is 5.32 Å². The molecule has 1 nitrogen and oxygen atoms in total. The van der Waals surface area contributed by atoms with Crippen molar-refractivity contribution in [1.29, 1.82) is 0 Å². The van der Waals surface area contributed by atoms with Gasteiger partial charge in [-0.25, -0.2) is 0 Å². The van der Waals surface area contributed by atoms with Crippen molar-refractivity contribution in [2.24, 2.45) is 5.92 Å². The molecule has 0 aliphatic heterocycles. The summed E-state index contributed by atoms with van der Waals surface area (Å²) < 4.78 is 0. The molecule has 0 saturated heterocycles. The van der Waals surface area contributed by atoms with Crippen LogP contribution in [0, 0.1) is 5.92 Å². The Morgan fingerprint density at radius 3 is 2.68 bits per heavy atom. The van der Waals surface area contributed by atoms with Crippen molar-refractivity contribution in [3.05, 3.63) is 54.1 Å². The van der Waals surface area contributed by atoms with Gasteiger partial charge in [-0.1, -0.05) is 68.5 Å². The highest BCUT2D eigenvalue weighted by atomic mass is 14.8. The average Bonchev–Trinajstić information content (AvgIpc) is 2.42. The maximum absolute atomic E-state index is 3.46. The second-order valence-electron chi connectivity index (χ2n) is 5.36. The van der Waals surface area contributed by atoms with Gasteiger partial charge in [0.1, 0.15) is 0 Å². The summed E-state index contributed by atoms with van der Waals surface area (Å²) in [6.45, 7) is 6.62. The lowest BCUT2D eigenvalue weighted by Gasteiger charge is -2.05. The van der Waals surface area contributed by atoms with Crippen LogP contribution >= 0.6 is 0 Å². The van der Waals surface area contributed by atoms with Crippen molar-refractivity contribution < 1.29 is 0 Å². The van der Waals surface area contributed by atoms with Gasteiger partial charge in [0.25, 0.3) is 0 Å². The van der Waals surface area contributed by atoms with E-state index in [0.29, 0.717) is 0 Å². The third kappa shape index (κ3) is 4.22. The van der Waals surface area contributed by atoms with Gasteiger partial charge in [0.2, 0.25) is 0 Å². The Balaban J connectivity index is 1.94. The minimum Gasteiger partial charge on any atom is -0.316 e. The van der Waals surface area contributed by atoms with E-state index in [1.165, 1.54) is 16.3 Å². The molecule has 0 aliphatic rings. The van der Waals surface area contributed by atoms with Crippen LogP contribution in [0.2, 0.25) is 0 Å². The second-order valence-corrected chi connectivity index (χ2v) is 5.36. The molecule has 2 aromatic rings. The number of hydrogen-bond donors (Lipinski definition) is 1. The van der Waals surface area contributed by atoms with Crippen LogP contribution in [0.15, 0.2) is 48.5 Å². The fraction of sp³-hybridized carbons (Fsp3) is 0.333. The molecule has 2 rings (SSSR count). The minimum atomic E-state index is 0.724. The minimum absolute atomic E-state index is 0.724. The van der Waals surface area contributed by atoms with Gasteiger partial charge in [0, 0.05) is 0 Å². The molecule has 0 saturated carbocycles. The van der Waals surface area contributed by atoms with Crippen molar-refractivity contribution in [2.75, 3.05) is 13.1 Å². The number of rotatable bonds is 6. The van der Waals surface area contributed by atoms with Gasteiger partial charge in [0.05, 0.1) is 0 Å². The predicted molar refractivity (Wildman–Crippen MR) is 85.3 cm³/mol. The molecular weight excluding hydrogens is 230 g/mol. The number of nitrogens with one attached hydrogen (secondary N) is 1. The average molecular weight is 253 g/mol. The molecule has 0 spiro atoms. The SMILES string of the molecule is CC(C)CNCCC=Cc1cccc2ccccc12. The highest BCUT2D eigenvalue weighted by molar-refractivity contribution is 5.90. The van der Waals surface area contributed by atoms with Crippen LogP contribution in [0.3, 0.4) is 0 Å². The number of benzene rings is 2. The first-order valence-corrected chi connectivity index (χ1v) is 7.12. The first-order chi connectivity index (χ1) is 9.27. The first-order valence-electron chi connectivity index (χ1n) is 7.12. The molecule has 0 unspecified atom stereocenters. The van der Waals surface area contributed by atoms with E-state index in [-0.39, 0.29) is 0 Å². The predicted octanol–water partition coefficient (Wildman–Crippen LogP) is 4.49. The number of fused-ring (bicyclic) bond motifs is 1. The Morgan fingerprint density at radius 1 is 1.05 bits per heavy atom. The van der Waals surface area contributed by atoms with Gasteiger partial charge < -0.3 is 5.32 Å². The maximum Gasteiger partial charge on any atom is -0.00140 e. The van der Waals surface area contributed by atoms with Crippen LogP contribution in [0.25, 0.3) is 16.8 Å². The van der Waals surface area contributed by atoms with E-state index in [4.69, 9.17) is 0 Å². The Hall–Kier alpha value is -1.60. The standard InChI is InChI=1S/C18H23N/c1-15(2)14-19-13-6-5-9-17-11-7-10-16-8-3-4-12-18(16)17/h3-5,7-12,15,19H,6,13-14H2,1-2H3. The summed E-state index contributed by atoms with van der Waals surface area (Å²) >= 11 is 0. The Kier molecular flexibility index (Phi) is 5.17. The third-order valence-electron chi connectivity index (χ3n) is 3.16. The lowest BCUT2D eigenvalue weighted by atomic mass is 10.0. The smallest absolute Gasteiger partial charge is 0.00140 e. The van der Waals surface area contributed by atoms with E-state index in [1.54, 1.807) is 0 Å². The van der Waals surface area contributed by atoms with Crippen LogP contribution in [0.4, 0.5) is 0 Å². The molecule has 0 aliphatic carbocycles. The molecule has 1 N–H and O–H groups in total. The lowest BCUT2D eigenvalue weighted by Crippen LogP contribution is -2.20. The molecule has 0 atom stereocenters. The zero-order chi connectivity index (χ0) is 13.5. The van der Waals surface area contributed by atoms with Crippen LogP contribution in [0.5, 0.6) is 0 Å². The summed E-state index contributed by atoms with van der Waals surface area (Å²) in [5.74, 6) is 0.724. The Bertz CT molecular complexity index is 535. The first kappa shape index (κ1) is 13.8. The van der Waals surface area contributed by atoms with Crippen molar-refractivity contribution in [3.63, 3.8) is 0 Å². The molecule has 0 radical (unpaired) electrons. The zero-order valence-corrected chi connectivity index (χ0v) is 11.9. The molecule has 0 fully saturated rings. The molecule has 0 aromatic heterocycles. The topological polar surface area (TPSA) is 12.0 Å². The molecule has 100 valence electrons. The zero-order valence-electron chi connectivity index (χ0n) is 11.9. The summed E-state index contributed by atoms with van der Waals surface area (Å²) in [6.07, 6.45) is 5.57. The summed E-state index contributed by atoms with van der Waals surface area (Å²) in [6, 6.07) is 15.0. The molecule has 0 bridgehead atoms. The van der Waals surface area contributed by atoms with E-state index in [2.05, 4.69) is 73.8 Å². The van der Waals surface area contributed by atoms with E-state index in [1.807, 2.05) is 0 Å². The van der Waals surface area contributed by atoms with E-state index in [0.717, 1.165) is 25.4 Å². The van der Waals surface area contributed by atoms with Gasteiger partial charge in [-0.05, 0) is 41.8 Å². The van der Waals surface area contributed by atoms with E-state index in [9.17, 15) is 0 Å². The van der Waals surface area contributed by atoms with Gasteiger partial charge in [-0.15, -0.1) is 0 Å². The van der Waals surface area contributed by atoms with Crippen LogP contribution in [-0.2, 0) is 0 Å². The van der Waals surface area contributed by atoms with Gasteiger partial charge in [-0.2, -0.15) is 0 Å². The highest BCUT2D eigenvalue weighted by Gasteiger charge is 1.96. The fourth-order valence-corrected chi connectivity index (χ4v) is 2.18. The van der Waals surface area contributed by atoms with Crippen molar-refractivity contribution in [3.8, 4) is 0 Å². The monoisotopic (exact) mass is 253 g/mol. The third-order valence-corrected chi connectivity index (χ3v) is 3.16. The summed E-state index contributed by atoms with van der Waals surface area (Å²) in [5.41, 5.74) is 1.31. The second kappa shape index (κ2) is 7.10. The number of hydrogen-bond acceptors (Lipinski definition) is 1. The molecule has 0 heterocycles. The van der Waals surface area contributed by atoms with Gasteiger partial charge >= 0.3 is 0 Å². The van der Waals surface area contributed by atoms with E-state index >= 15 is 0 Å². The van der Waals surface area contributed by atoms with Gasteiger partial charge in [0.15, 0.2) is 0 Å². The molecule has 19 heavy (non-hydrogen) atoms. The lowest BCUT2D eigenvalue weighted by molar-refractivity contribution is 0.557. The molecular formula is C18H23N. The van der Waals surface area contributed by atoms with Crippen LogP contribution in [-0.4, -0.2) is 13.1 Å². The van der Waals surface area contributed by atoms with Crippen LogP contribution < -0.4 is 5.32 Å². The Labute approximate surface area is 116 Å². The van der Waals surface area contributed by atoms with Gasteiger partial charge in [-0.3, -0.25) is 0 Å². The largest absolute Gasteiger partial charge is 0.316 e. The maximum atomic E-state index is 3.46. The summed E-state index contributed by atoms with van der Waals surface area (Å²) in [7, 11) is 0. The molecule has 1 heteroatoms. The van der Waals surface area contributed by atoms with E-state index < -0.39 is 0 Å². The Morgan fingerprint density at radius 2 is 1.84 bits per heavy atom. The summed E-state index contributed by atoms with van der Waals surface area (Å²) in [4.78, 5) is 0. The normalized spacial score (nSPS) is 11.7. The quantitative estimate of drug-likeness (QED) is 0.748. The highest BCUT2D eigenvalue weighted by Crippen LogP contribution is 2.19. The van der Waals surface area contributed by atoms with Crippen LogP contribution in [0.1, 0.15) is 25.8 Å². The van der Waals surface area contributed by atoms with Crippen molar-refractivity contribution >= 4 is 16.8 Å². The molecule has 0 amide bonds. The van der Waals surface area contributed by atoms with Crippen molar-refractivity contribution in [2.45, 2.75) is 20.3 Å². The fourth-order valence-electron chi connectivity index (χ4n) is 2.18. The molecule has 2 aromatic carbocycles. The summed E-state index contributed by atoms with van der Waals surface area (Å²) in [5, 5.41) is 6.09.